The fraction of sp³-hybridized carbons (Fsp3) is 0.800. The Kier molecular flexibility index (Phi) is 7.62. The van der Waals surface area contributed by atoms with E-state index in [4.69, 9.17) is 5.11 Å². The summed E-state index contributed by atoms with van der Waals surface area (Å²) in [7, 11) is 0. The fourth-order valence-electron chi connectivity index (χ4n) is 0.362. The molecule has 0 radical (unpaired) electrons. The van der Waals surface area contributed by atoms with Gasteiger partial charge < -0.3 is 9.94 Å². The maximum absolute atomic E-state index is 9.82. The number of aliphatic carboxylic acids is 1. The predicted molar refractivity (Wildman–Crippen MR) is 36.5 cm³/mol. The Balaban J connectivity index is 0. The van der Waals surface area contributed by atoms with Crippen molar-refractivity contribution in [2.45, 2.75) is 20.3 Å². The first-order valence-electron chi connectivity index (χ1n) is 2.62. The van der Waals surface area contributed by atoms with Crippen LogP contribution in [0.25, 0.3) is 0 Å². The highest BCUT2D eigenvalue weighted by molar-refractivity contribution is 5.66. The molecule has 0 rings (SSSR count). The molecule has 0 amide bonds. The van der Waals surface area contributed by atoms with Gasteiger partial charge in [0.2, 0.25) is 0 Å². The van der Waals surface area contributed by atoms with Crippen molar-refractivity contribution in [3.8, 4) is 0 Å². The molecule has 0 saturated carbocycles. The van der Waals surface area contributed by atoms with Gasteiger partial charge in [-0.05, 0) is 6.42 Å². The molecule has 0 aromatic heterocycles. The van der Waals surface area contributed by atoms with Gasteiger partial charge in [0.25, 0.3) is 5.09 Å². The standard InChI is InChI=1S/C4H7NO5.CH4/c6-4(7)2-1-3-10-5(8)9;/h1-3H2,(H,6,7);1H4. The molecule has 0 unspecified atom stereocenters. The van der Waals surface area contributed by atoms with Crippen LogP contribution in [-0.4, -0.2) is 22.8 Å². The normalized spacial score (nSPS) is 8.00. The largest absolute Gasteiger partial charge is 0.481 e. The second kappa shape index (κ2) is 6.79. The lowest BCUT2D eigenvalue weighted by Crippen LogP contribution is -2.04. The summed E-state index contributed by atoms with van der Waals surface area (Å²) < 4.78 is 0. The van der Waals surface area contributed by atoms with Crippen LogP contribution in [-0.2, 0) is 9.63 Å². The van der Waals surface area contributed by atoms with Gasteiger partial charge in [0, 0.05) is 6.42 Å². The lowest BCUT2D eigenvalue weighted by molar-refractivity contribution is -0.757. The van der Waals surface area contributed by atoms with Gasteiger partial charge in [-0.3, -0.25) is 4.79 Å². The average Bonchev–Trinajstić information content (AvgIpc) is 1.79. The molecular weight excluding hydrogens is 154 g/mol. The van der Waals surface area contributed by atoms with E-state index < -0.39 is 11.1 Å². The molecule has 66 valence electrons. The zero-order valence-electron chi connectivity index (χ0n) is 5.15. The van der Waals surface area contributed by atoms with E-state index in [-0.39, 0.29) is 26.9 Å². The molecule has 1 N–H and O–H groups in total. The third-order valence-corrected chi connectivity index (χ3v) is 0.732. The molecule has 0 aromatic rings. The number of carbonyl (C=O) groups is 1. The van der Waals surface area contributed by atoms with Crippen LogP contribution in [0, 0.1) is 10.1 Å². The molecule has 0 bridgehead atoms. The van der Waals surface area contributed by atoms with Crippen LogP contribution >= 0.6 is 0 Å². The fourth-order valence-corrected chi connectivity index (χ4v) is 0.362. The maximum atomic E-state index is 9.82. The van der Waals surface area contributed by atoms with Gasteiger partial charge in [-0.15, -0.1) is 10.1 Å². The van der Waals surface area contributed by atoms with Crippen LogP contribution in [0.1, 0.15) is 20.3 Å². The van der Waals surface area contributed by atoms with Gasteiger partial charge >= 0.3 is 5.97 Å². The van der Waals surface area contributed by atoms with Crippen LogP contribution < -0.4 is 0 Å². The highest BCUT2D eigenvalue weighted by Gasteiger charge is 1.97. The minimum absolute atomic E-state index is 0. The van der Waals surface area contributed by atoms with Crippen molar-refractivity contribution in [1.82, 2.24) is 0 Å². The monoisotopic (exact) mass is 165 g/mol. The number of rotatable bonds is 5. The number of hydrogen-bond donors (Lipinski definition) is 1. The Morgan fingerprint density at radius 3 is 2.55 bits per heavy atom. The molecule has 0 aliphatic rings. The Morgan fingerprint density at radius 1 is 1.64 bits per heavy atom. The lowest BCUT2D eigenvalue weighted by atomic mass is 10.3. The molecular formula is C5H11NO5. The van der Waals surface area contributed by atoms with E-state index >= 15 is 0 Å². The first kappa shape index (κ1) is 12.4. The zero-order valence-corrected chi connectivity index (χ0v) is 5.15. The summed E-state index contributed by atoms with van der Waals surface area (Å²) in [5.74, 6) is -0.980. The van der Waals surface area contributed by atoms with E-state index in [1.807, 2.05) is 0 Å². The number of nitrogens with zero attached hydrogens (tertiary/aromatic N) is 1. The Labute approximate surface area is 63.9 Å². The number of hydrogen-bond acceptors (Lipinski definition) is 4. The smallest absolute Gasteiger partial charge is 0.303 e. The quantitative estimate of drug-likeness (QED) is 0.368. The first-order chi connectivity index (χ1) is 4.63. The number of carboxylic acids is 1. The zero-order chi connectivity index (χ0) is 7.98. The number of carboxylic acid groups (broad SMARTS) is 1. The molecule has 0 aliphatic carbocycles. The Morgan fingerprint density at radius 2 is 2.18 bits per heavy atom. The lowest BCUT2D eigenvalue weighted by Gasteiger charge is -1.93. The molecule has 6 nitrogen and oxygen atoms in total. The van der Waals surface area contributed by atoms with E-state index in [1.54, 1.807) is 0 Å². The van der Waals surface area contributed by atoms with E-state index in [0.29, 0.717) is 0 Å². The molecule has 0 fully saturated rings. The summed E-state index contributed by atoms with van der Waals surface area (Å²) in [6.07, 6.45) is 0.0597. The van der Waals surface area contributed by atoms with Gasteiger partial charge in [-0.25, -0.2) is 0 Å². The second-order valence-electron chi connectivity index (χ2n) is 1.55. The molecule has 0 heterocycles. The Hall–Kier alpha value is -1.33. The van der Waals surface area contributed by atoms with Gasteiger partial charge in [0.1, 0.15) is 0 Å². The van der Waals surface area contributed by atoms with Crippen LogP contribution in [0.3, 0.4) is 0 Å². The van der Waals surface area contributed by atoms with Crippen molar-refractivity contribution < 1.29 is 19.8 Å². The van der Waals surface area contributed by atoms with Crippen LogP contribution in [0.2, 0.25) is 0 Å². The molecule has 0 atom stereocenters. The van der Waals surface area contributed by atoms with Gasteiger partial charge in [-0.2, -0.15) is 0 Å². The van der Waals surface area contributed by atoms with Gasteiger partial charge in [0.15, 0.2) is 0 Å². The van der Waals surface area contributed by atoms with Crippen molar-refractivity contribution >= 4 is 5.97 Å². The molecule has 11 heavy (non-hydrogen) atoms. The minimum atomic E-state index is -0.980. The van der Waals surface area contributed by atoms with Gasteiger partial charge in [0.05, 0.1) is 6.61 Å². The van der Waals surface area contributed by atoms with Crippen molar-refractivity contribution in [1.29, 1.82) is 0 Å². The molecule has 0 aliphatic heterocycles. The average molecular weight is 165 g/mol. The van der Waals surface area contributed by atoms with Crippen molar-refractivity contribution in [2.24, 2.45) is 0 Å². The summed E-state index contributed by atoms with van der Waals surface area (Å²) in [6, 6.07) is 0. The van der Waals surface area contributed by atoms with Crippen LogP contribution in [0.15, 0.2) is 0 Å². The SMILES string of the molecule is C.O=C(O)CCCO[N+](=O)[O-]. The van der Waals surface area contributed by atoms with E-state index in [2.05, 4.69) is 4.84 Å². The van der Waals surface area contributed by atoms with Crippen molar-refractivity contribution in [3.05, 3.63) is 10.1 Å². The van der Waals surface area contributed by atoms with E-state index in [9.17, 15) is 14.9 Å². The van der Waals surface area contributed by atoms with E-state index in [1.165, 1.54) is 0 Å². The molecule has 0 saturated heterocycles. The summed E-state index contributed by atoms with van der Waals surface area (Å²) in [6.45, 7) is -0.153. The van der Waals surface area contributed by atoms with E-state index in [0.717, 1.165) is 0 Å². The summed E-state index contributed by atoms with van der Waals surface area (Å²) in [5, 5.41) is 16.6. The van der Waals surface area contributed by atoms with Gasteiger partial charge in [-0.1, -0.05) is 7.43 Å². The Bertz CT molecular complexity index is 119. The van der Waals surface area contributed by atoms with Crippen molar-refractivity contribution in [2.75, 3.05) is 6.61 Å². The van der Waals surface area contributed by atoms with Crippen LogP contribution in [0.4, 0.5) is 0 Å². The minimum Gasteiger partial charge on any atom is -0.481 e. The summed E-state index contributed by atoms with van der Waals surface area (Å²) >= 11 is 0. The molecule has 0 aromatic carbocycles. The third kappa shape index (κ3) is 12.0. The molecule has 0 spiro atoms. The third-order valence-electron chi connectivity index (χ3n) is 0.732. The predicted octanol–water partition coefficient (Wildman–Crippen LogP) is 0.696. The topological polar surface area (TPSA) is 89.7 Å². The highest BCUT2D eigenvalue weighted by atomic mass is 16.9. The van der Waals surface area contributed by atoms with Crippen molar-refractivity contribution in [3.63, 3.8) is 0 Å². The summed E-state index contributed by atoms with van der Waals surface area (Å²) in [5.41, 5.74) is 0. The molecule has 6 heteroatoms. The second-order valence-corrected chi connectivity index (χ2v) is 1.55. The summed E-state index contributed by atoms with van der Waals surface area (Å²) in [4.78, 5) is 23.1. The maximum Gasteiger partial charge on any atom is 0.303 e. The van der Waals surface area contributed by atoms with Crippen LogP contribution in [0.5, 0.6) is 0 Å². The first-order valence-corrected chi connectivity index (χ1v) is 2.62. The highest BCUT2D eigenvalue weighted by Crippen LogP contribution is 1.89.